The van der Waals surface area contributed by atoms with Crippen LogP contribution in [0.5, 0.6) is 5.75 Å². The third kappa shape index (κ3) is 4.55. The largest absolute Gasteiger partial charge is 0.505 e. The molecule has 0 heterocycles. The molecule has 0 spiro atoms. The van der Waals surface area contributed by atoms with E-state index in [1.54, 1.807) is 0 Å². The number of hydrazone groups is 1. The number of nitrogens with one attached hydrogen (secondary N) is 1. The number of aromatic hydroxyl groups is 1. The van der Waals surface area contributed by atoms with Crippen LogP contribution in [-0.2, 0) is 10.8 Å². The molecule has 1 aromatic carbocycles. The molecule has 26 heavy (non-hydrogen) atoms. The molecule has 1 atom stereocenters. The van der Waals surface area contributed by atoms with E-state index in [4.69, 9.17) is 5.73 Å². The van der Waals surface area contributed by atoms with Gasteiger partial charge in [-0.1, -0.05) is 66.7 Å². The fourth-order valence-electron chi connectivity index (χ4n) is 2.84. The highest BCUT2D eigenvalue weighted by Crippen LogP contribution is 2.40. The molecule has 0 radical (unpaired) electrons. The highest BCUT2D eigenvalue weighted by molar-refractivity contribution is 6.02. The lowest BCUT2D eigenvalue weighted by Gasteiger charge is -2.27. The minimum atomic E-state index is -0.243. The summed E-state index contributed by atoms with van der Waals surface area (Å²) in [6.45, 7) is 14.9. The second-order valence-electron chi connectivity index (χ2n) is 9.03. The van der Waals surface area contributed by atoms with Crippen LogP contribution in [0.25, 0.3) is 0 Å². The maximum Gasteiger partial charge on any atom is 0.144 e. The van der Waals surface area contributed by atoms with Crippen molar-refractivity contribution in [3.8, 4) is 5.75 Å². The predicted molar refractivity (Wildman–Crippen MR) is 112 cm³/mol. The summed E-state index contributed by atoms with van der Waals surface area (Å²) in [7, 11) is 0. The zero-order valence-electron chi connectivity index (χ0n) is 17.1. The van der Waals surface area contributed by atoms with E-state index in [9.17, 15) is 5.11 Å². The molecule has 0 fully saturated rings. The highest BCUT2D eigenvalue weighted by Gasteiger charge is 2.25. The first-order valence-electron chi connectivity index (χ1n) is 9.29. The van der Waals surface area contributed by atoms with Crippen LogP contribution in [0.15, 0.2) is 41.0 Å². The second kappa shape index (κ2) is 7.28. The molecule has 0 amide bonds. The fourth-order valence-corrected chi connectivity index (χ4v) is 2.84. The zero-order chi connectivity index (χ0) is 19.7. The van der Waals surface area contributed by atoms with E-state index in [2.05, 4.69) is 65.1 Å². The van der Waals surface area contributed by atoms with Gasteiger partial charge in [-0.2, -0.15) is 5.10 Å². The fraction of sp³-hybridized carbons (Fsp3) is 0.500. The predicted octanol–water partition coefficient (Wildman–Crippen LogP) is 4.99. The van der Waals surface area contributed by atoms with Crippen molar-refractivity contribution in [1.82, 2.24) is 0 Å². The van der Waals surface area contributed by atoms with Crippen LogP contribution in [0.4, 0.5) is 5.69 Å². The monoisotopic (exact) mass is 355 g/mol. The number of benzene rings is 1. The number of rotatable bonds is 3. The first-order chi connectivity index (χ1) is 11.9. The van der Waals surface area contributed by atoms with Gasteiger partial charge in [-0.3, -0.25) is 5.43 Å². The van der Waals surface area contributed by atoms with E-state index >= 15 is 0 Å². The highest BCUT2D eigenvalue weighted by atomic mass is 16.3. The van der Waals surface area contributed by atoms with Crippen LogP contribution in [0.3, 0.4) is 0 Å². The van der Waals surface area contributed by atoms with Gasteiger partial charge >= 0.3 is 0 Å². The quantitative estimate of drug-likeness (QED) is 0.528. The Kier molecular flexibility index (Phi) is 5.67. The van der Waals surface area contributed by atoms with Gasteiger partial charge in [-0.25, -0.2) is 0 Å². The molecule has 0 saturated carbocycles. The van der Waals surface area contributed by atoms with Crippen molar-refractivity contribution < 1.29 is 5.11 Å². The molecule has 4 heteroatoms. The van der Waals surface area contributed by atoms with Crippen molar-refractivity contribution in [2.75, 3.05) is 5.43 Å². The van der Waals surface area contributed by atoms with Gasteiger partial charge in [0.05, 0.1) is 17.4 Å². The summed E-state index contributed by atoms with van der Waals surface area (Å²) < 4.78 is 0. The Balaban J connectivity index is 2.47. The average Bonchev–Trinajstić information content (AvgIpc) is 2.53. The molecule has 4 nitrogen and oxygen atoms in total. The summed E-state index contributed by atoms with van der Waals surface area (Å²) in [6, 6.07) is 3.83. The minimum absolute atomic E-state index is 0.0312. The lowest BCUT2D eigenvalue weighted by Crippen LogP contribution is -2.29. The Morgan fingerprint density at radius 1 is 1.12 bits per heavy atom. The summed E-state index contributed by atoms with van der Waals surface area (Å²) >= 11 is 0. The van der Waals surface area contributed by atoms with Crippen molar-refractivity contribution in [2.45, 2.75) is 71.8 Å². The number of nitrogens with zero attached hydrogens (tertiary/aromatic N) is 1. The summed E-state index contributed by atoms with van der Waals surface area (Å²) in [4.78, 5) is 0. The van der Waals surface area contributed by atoms with Gasteiger partial charge in [-0.05, 0) is 40.5 Å². The Morgan fingerprint density at radius 3 is 2.31 bits per heavy atom. The van der Waals surface area contributed by atoms with Gasteiger partial charge in [0.1, 0.15) is 5.75 Å². The lowest BCUT2D eigenvalue weighted by atomic mass is 9.80. The molecule has 1 unspecified atom stereocenters. The summed E-state index contributed by atoms with van der Waals surface area (Å²) in [5.41, 5.74) is 13.6. The number of allylic oxidation sites excluding steroid dienone is 2. The zero-order valence-corrected chi connectivity index (χ0v) is 17.1. The van der Waals surface area contributed by atoms with Gasteiger partial charge < -0.3 is 10.8 Å². The van der Waals surface area contributed by atoms with Gasteiger partial charge in [0.25, 0.3) is 0 Å². The number of hydrogen-bond donors (Lipinski definition) is 3. The SMILES string of the molecule is CCC1=C/C(=N/Nc2cc(C(C)(C)C)cc(C(C)(C)C)c2O)C(N)C=C1. The van der Waals surface area contributed by atoms with Crippen molar-refractivity contribution in [1.29, 1.82) is 0 Å². The average molecular weight is 356 g/mol. The standard InChI is InChI=1S/C22H33N3O/c1-8-14-9-10-17(23)18(11-14)24-25-19-13-15(21(2,3)4)12-16(20(19)26)22(5,6)7/h9-13,17,25-26H,8,23H2,1-7H3/b24-18-. The third-order valence-corrected chi connectivity index (χ3v) is 4.69. The van der Waals surface area contributed by atoms with Crippen LogP contribution in [-0.4, -0.2) is 16.9 Å². The summed E-state index contributed by atoms with van der Waals surface area (Å²) in [6.07, 6.45) is 6.93. The maximum absolute atomic E-state index is 10.8. The molecule has 2 rings (SSSR count). The molecule has 1 aliphatic rings. The van der Waals surface area contributed by atoms with E-state index in [-0.39, 0.29) is 22.6 Å². The van der Waals surface area contributed by atoms with Gasteiger partial charge in [0.15, 0.2) is 0 Å². The van der Waals surface area contributed by atoms with E-state index in [1.807, 2.05) is 24.3 Å². The van der Waals surface area contributed by atoms with Gasteiger partial charge in [-0.15, -0.1) is 0 Å². The molecular weight excluding hydrogens is 322 g/mol. The third-order valence-electron chi connectivity index (χ3n) is 4.69. The van der Waals surface area contributed by atoms with E-state index in [0.717, 1.165) is 23.3 Å². The molecule has 0 aromatic heterocycles. The van der Waals surface area contributed by atoms with Crippen LogP contribution in [0.1, 0.15) is 66.0 Å². The van der Waals surface area contributed by atoms with Crippen molar-refractivity contribution in [3.63, 3.8) is 0 Å². The molecule has 4 N–H and O–H groups in total. The lowest BCUT2D eigenvalue weighted by molar-refractivity contribution is 0.446. The molecule has 1 aromatic rings. The topological polar surface area (TPSA) is 70.6 Å². The van der Waals surface area contributed by atoms with E-state index in [1.165, 1.54) is 5.57 Å². The molecule has 0 bridgehead atoms. The van der Waals surface area contributed by atoms with Crippen molar-refractivity contribution in [3.05, 3.63) is 47.1 Å². The number of anilines is 1. The number of phenols is 1. The number of phenolic OH excluding ortho intramolecular Hbond substituents is 1. The maximum atomic E-state index is 10.8. The van der Waals surface area contributed by atoms with Crippen molar-refractivity contribution in [2.24, 2.45) is 10.8 Å². The van der Waals surface area contributed by atoms with Crippen LogP contribution < -0.4 is 11.2 Å². The Hall–Kier alpha value is -2.07. The summed E-state index contributed by atoms with van der Waals surface area (Å²) in [5.74, 6) is 0.245. The molecule has 0 saturated heterocycles. The van der Waals surface area contributed by atoms with Crippen LogP contribution >= 0.6 is 0 Å². The molecule has 0 aliphatic heterocycles. The summed E-state index contributed by atoms with van der Waals surface area (Å²) in [5, 5.41) is 15.3. The molecular formula is C22H33N3O. The van der Waals surface area contributed by atoms with Gasteiger partial charge in [0.2, 0.25) is 0 Å². The molecule has 142 valence electrons. The van der Waals surface area contributed by atoms with Crippen molar-refractivity contribution >= 4 is 11.4 Å². The molecule has 1 aliphatic carbocycles. The Morgan fingerprint density at radius 2 is 1.77 bits per heavy atom. The number of nitrogens with two attached hydrogens (primary N) is 1. The normalized spacial score (nSPS) is 19.6. The first-order valence-corrected chi connectivity index (χ1v) is 9.29. The second-order valence-corrected chi connectivity index (χ2v) is 9.03. The number of hydrogen-bond acceptors (Lipinski definition) is 4. The van der Waals surface area contributed by atoms with Crippen LogP contribution in [0.2, 0.25) is 0 Å². The van der Waals surface area contributed by atoms with Gasteiger partial charge in [0, 0.05) is 5.56 Å². The Labute approximate surface area is 157 Å². The van der Waals surface area contributed by atoms with E-state index < -0.39 is 0 Å². The first kappa shape index (κ1) is 20.2. The van der Waals surface area contributed by atoms with E-state index in [0.29, 0.717) is 5.69 Å². The minimum Gasteiger partial charge on any atom is -0.505 e. The van der Waals surface area contributed by atoms with Crippen LogP contribution in [0, 0.1) is 0 Å². The smallest absolute Gasteiger partial charge is 0.144 e. The Bertz CT molecular complexity index is 759.